The number of nitrogens with one attached hydrogen (secondary N) is 1. The summed E-state index contributed by atoms with van der Waals surface area (Å²) in [6.45, 7) is 0. The maximum atomic E-state index is 12.0. The summed E-state index contributed by atoms with van der Waals surface area (Å²) in [5.41, 5.74) is 3.09. The number of para-hydroxylation sites is 1. The standard InChI is InChI=1S/C16H13NO3S/c1-20-16(19)7-14(18)15-6-10(9-21-15)12-8-17-13-5-3-2-4-11(12)13/h2-6,8-9,17H,7H2,1H3. The van der Waals surface area contributed by atoms with E-state index in [9.17, 15) is 9.59 Å². The Balaban J connectivity index is 1.91. The van der Waals surface area contributed by atoms with E-state index in [0.29, 0.717) is 4.88 Å². The lowest BCUT2D eigenvalue weighted by atomic mass is 10.1. The van der Waals surface area contributed by atoms with Crippen LogP contribution in [0.25, 0.3) is 22.0 Å². The minimum Gasteiger partial charge on any atom is -0.469 e. The number of rotatable bonds is 4. The number of thiophene rings is 1. The molecule has 2 aromatic heterocycles. The van der Waals surface area contributed by atoms with Gasteiger partial charge in [0.1, 0.15) is 6.42 Å². The number of methoxy groups -OCH3 is 1. The van der Waals surface area contributed by atoms with Crippen molar-refractivity contribution in [3.8, 4) is 11.1 Å². The molecule has 5 heteroatoms. The summed E-state index contributed by atoms with van der Waals surface area (Å²) < 4.78 is 4.52. The van der Waals surface area contributed by atoms with Gasteiger partial charge in [-0.15, -0.1) is 11.3 Å². The Morgan fingerprint density at radius 3 is 2.90 bits per heavy atom. The molecular formula is C16H13NO3S. The highest BCUT2D eigenvalue weighted by Gasteiger charge is 2.15. The molecule has 1 aromatic carbocycles. The second-order valence-corrected chi connectivity index (χ2v) is 5.53. The number of benzene rings is 1. The molecule has 0 unspecified atom stereocenters. The largest absolute Gasteiger partial charge is 0.469 e. The number of fused-ring (bicyclic) bond motifs is 1. The van der Waals surface area contributed by atoms with E-state index in [1.54, 1.807) is 0 Å². The quantitative estimate of drug-likeness (QED) is 0.454. The molecule has 2 heterocycles. The Morgan fingerprint density at radius 2 is 2.10 bits per heavy atom. The van der Waals surface area contributed by atoms with Crippen molar-refractivity contribution < 1.29 is 14.3 Å². The summed E-state index contributed by atoms with van der Waals surface area (Å²) >= 11 is 1.35. The molecule has 0 atom stereocenters. The van der Waals surface area contributed by atoms with E-state index in [4.69, 9.17) is 0 Å². The number of aromatic nitrogens is 1. The van der Waals surface area contributed by atoms with Gasteiger partial charge < -0.3 is 9.72 Å². The Hall–Kier alpha value is -2.40. The van der Waals surface area contributed by atoms with Crippen molar-refractivity contribution in [1.82, 2.24) is 4.98 Å². The van der Waals surface area contributed by atoms with Gasteiger partial charge in [-0.3, -0.25) is 9.59 Å². The van der Waals surface area contributed by atoms with Crippen LogP contribution in [0.5, 0.6) is 0 Å². The van der Waals surface area contributed by atoms with Crippen LogP contribution in [0.1, 0.15) is 16.1 Å². The number of aromatic amines is 1. The van der Waals surface area contributed by atoms with Gasteiger partial charge in [-0.1, -0.05) is 18.2 Å². The number of esters is 1. The Morgan fingerprint density at radius 1 is 1.29 bits per heavy atom. The lowest BCUT2D eigenvalue weighted by molar-refractivity contribution is -0.139. The molecule has 3 rings (SSSR count). The van der Waals surface area contributed by atoms with E-state index in [0.717, 1.165) is 22.0 Å². The molecule has 0 spiro atoms. The number of Topliss-reactive ketones (excluding diaryl/α,β-unsaturated/α-hetero) is 1. The summed E-state index contributed by atoms with van der Waals surface area (Å²) in [7, 11) is 1.28. The molecule has 0 aliphatic heterocycles. The normalized spacial score (nSPS) is 10.7. The Bertz CT molecular complexity index is 816. The monoisotopic (exact) mass is 299 g/mol. The van der Waals surface area contributed by atoms with Gasteiger partial charge in [0.05, 0.1) is 12.0 Å². The Labute approximate surface area is 125 Å². The Kier molecular flexibility index (Phi) is 3.58. The summed E-state index contributed by atoms with van der Waals surface area (Å²) in [6, 6.07) is 9.83. The average Bonchev–Trinajstić information content (AvgIpc) is 3.13. The zero-order chi connectivity index (χ0) is 14.8. The fourth-order valence-corrected chi connectivity index (χ4v) is 3.07. The van der Waals surface area contributed by atoms with Crippen molar-refractivity contribution in [1.29, 1.82) is 0 Å². The second kappa shape index (κ2) is 5.54. The minimum absolute atomic E-state index is 0.210. The van der Waals surface area contributed by atoms with Crippen LogP contribution >= 0.6 is 11.3 Å². The number of ketones is 1. The predicted molar refractivity (Wildman–Crippen MR) is 82.6 cm³/mol. The van der Waals surface area contributed by atoms with Gasteiger partial charge in [-0.25, -0.2) is 0 Å². The van der Waals surface area contributed by atoms with Gasteiger partial charge in [0, 0.05) is 22.7 Å². The van der Waals surface area contributed by atoms with E-state index < -0.39 is 5.97 Å². The summed E-state index contributed by atoms with van der Waals surface area (Å²) in [5, 5.41) is 3.04. The highest BCUT2D eigenvalue weighted by Crippen LogP contribution is 2.32. The molecule has 0 aliphatic rings. The molecule has 0 saturated heterocycles. The van der Waals surface area contributed by atoms with Crippen LogP contribution in [-0.2, 0) is 9.53 Å². The number of carbonyl (C=O) groups excluding carboxylic acids is 2. The van der Waals surface area contributed by atoms with E-state index in [1.807, 2.05) is 41.9 Å². The third-order valence-corrected chi connectivity index (χ3v) is 4.28. The lowest BCUT2D eigenvalue weighted by Crippen LogP contribution is -2.08. The number of hydrogen-bond acceptors (Lipinski definition) is 4. The van der Waals surface area contributed by atoms with Gasteiger partial charge in [0.15, 0.2) is 5.78 Å². The van der Waals surface area contributed by atoms with E-state index in [-0.39, 0.29) is 12.2 Å². The first-order valence-electron chi connectivity index (χ1n) is 6.44. The van der Waals surface area contributed by atoms with Crippen LogP contribution in [0.3, 0.4) is 0 Å². The van der Waals surface area contributed by atoms with Crippen LogP contribution in [-0.4, -0.2) is 23.8 Å². The van der Waals surface area contributed by atoms with Gasteiger partial charge in [-0.2, -0.15) is 0 Å². The van der Waals surface area contributed by atoms with Crippen LogP contribution in [0.4, 0.5) is 0 Å². The zero-order valence-electron chi connectivity index (χ0n) is 11.4. The van der Waals surface area contributed by atoms with Crippen molar-refractivity contribution in [2.45, 2.75) is 6.42 Å². The van der Waals surface area contributed by atoms with Crippen LogP contribution in [0.15, 0.2) is 41.9 Å². The molecule has 1 N–H and O–H groups in total. The third kappa shape index (κ3) is 2.60. The minimum atomic E-state index is -0.512. The van der Waals surface area contributed by atoms with E-state index >= 15 is 0 Å². The fourth-order valence-electron chi connectivity index (χ4n) is 2.22. The van der Waals surface area contributed by atoms with Gasteiger partial charge in [-0.05, 0) is 23.1 Å². The molecule has 3 aromatic rings. The van der Waals surface area contributed by atoms with Gasteiger partial charge in [0.25, 0.3) is 0 Å². The molecule has 106 valence electrons. The molecule has 0 aliphatic carbocycles. The lowest BCUT2D eigenvalue weighted by Gasteiger charge is -1.96. The molecule has 0 bridgehead atoms. The van der Waals surface area contributed by atoms with Crippen LogP contribution in [0, 0.1) is 0 Å². The zero-order valence-corrected chi connectivity index (χ0v) is 12.2. The van der Waals surface area contributed by atoms with E-state index in [2.05, 4.69) is 9.72 Å². The number of carbonyl (C=O) groups is 2. The molecule has 0 amide bonds. The molecule has 21 heavy (non-hydrogen) atoms. The van der Waals surface area contributed by atoms with Gasteiger partial charge in [0.2, 0.25) is 0 Å². The summed E-state index contributed by atoms with van der Waals surface area (Å²) in [6.07, 6.45) is 1.71. The first-order valence-corrected chi connectivity index (χ1v) is 7.32. The highest BCUT2D eigenvalue weighted by atomic mass is 32.1. The SMILES string of the molecule is COC(=O)CC(=O)c1cc(-c2c[nH]c3ccccc23)cs1. The topological polar surface area (TPSA) is 59.2 Å². The number of H-pyrrole nitrogens is 1. The fraction of sp³-hybridized carbons (Fsp3) is 0.125. The molecule has 0 radical (unpaired) electrons. The smallest absolute Gasteiger partial charge is 0.313 e. The molecule has 0 saturated carbocycles. The number of ether oxygens (including phenoxy) is 1. The van der Waals surface area contributed by atoms with Crippen molar-refractivity contribution in [2.75, 3.05) is 7.11 Å². The number of hydrogen-bond donors (Lipinski definition) is 1. The maximum Gasteiger partial charge on any atom is 0.313 e. The summed E-state index contributed by atoms with van der Waals surface area (Å²) in [4.78, 5) is 26.9. The summed E-state index contributed by atoms with van der Waals surface area (Å²) in [5.74, 6) is -0.722. The predicted octanol–water partition coefficient (Wildman–Crippen LogP) is 3.64. The van der Waals surface area contributed by atoms with Crippen LogP contribution in [0.2, 0.25) is 0 Å². The molecule has 4 nitrogen and oxygen atoms in total. The van der Waals surface area contributed by atoms with Crippen molar-refractivity contribution in [3.63, 3.8) is 0 Å². The maximum absolute atomic E-state index is 12.0. The van der Waals surface area contributed by atoms with E-state index in [1.165, 1.54) is 18.4 Å². The second-order valence-electron chi connectivity index (χ2n) is 4.62. The molecular weight excluding hydrogens is 286 g/mol. The van der Waals surface area contributed by atoms with Gasteiger partial charge >= 0.3 is 5.97 Å². The first kappa shape index (κ1) is 13.6. The molecule has 0 fully saturated rings. The first-order chi connectivity index (χ1) is 10.2. The van der Waals surface area contributed by atoms with Crippen LogP contribution < -0.4 is 0 Å². The van der Waals surface area contributed by atoms with Crippen molar-refractivity contribution in [3.05, 3.63) is 46.8 Å². The average molecular weight is 299 g/mol. The highest BCUT2D eigenvalue weighted by molar-refractivity contribution is 7.12. The third-order valence-electron chi connectivity index (χ3n) is 3.31. The van der Waals surface area contributed by atoms with Crippen molar-refractivity contribution >= 4 is 34.0 Å². The van der Waals surface area contributed by atoms with Crippen molar-refractivity contribution in [2.24, 2.45) is 0 Å².